The van der Waals surface area contributed by atoms with Gasteiger partial charge in [0.25, 0.3) is 5.69 Å². The summed E-state index contributed by atoms with van der Waals surface area (Å²) in [5, 5.41) is 13.9. The number of hydrogen-bond donors (Lipinski definition) is 1. The topological polar surface area (TPSA) is 73.0 Å². The molecule has 1 atom stereocenters. The van der Waals surface area contributed by atoms with E-state index < -0.39 is 4.92 Å². The molecule has 19 heavy (non-hydrogen) atoms. The fourth-order valence-corrected chi connectivity index (χ4v) is 2.31. The predicted octanol–water partition coefficient (Wildman–Crippen LogP) is 3.26. The second kappa shape index (κ2) is 5.40. The van der Waals surface area contributed by atoms with Crippen LogP contribution in [-0.4, -0.2) is 14.5 Å². The summed E-state index contributed by atoms with van der Waals surface area (Å²) < 4.78 is 2.58. The van der Waals surface area contributed by atoms with Crippen LogP contribution in [0.3, 0.4) is 0 Å². The molecule has 0 amide bonds. The predicted molar refractivity (Wildman–Crippen MR) is 76.0 cm³/mol. The summed E-state index contributed by atoms with van der Waals surface area (Å²) in [5.74, 6) is 0.894. The highest BCUT2D eigenvalue weighted by Gasteiger charge is 2.13. The molecule has 1 N–H and O–H groups in total. The number of nitrogens with one attached hydrogen (secondary N) is 1. The molecule has 0 aliphatic carbocycles. The van der Waals surface area contributed by atoms with E-state index in [1.165, 1.54) is 12.1 Å². The zero-order valence-electron chi connectivity index (χ0n) is 10.5. The zero-order valence-corrected chi connectivity index (χ0v) is 12.1. The monoisotopic (exact) mass is 324 g/mol. The SMILES string of the molecule is CC(Nc1ccc([N+](=O)[O-])cc1Br)c1nccn1C. The minimum Gasteiger partial charge on any atom is -0.374 e. The van der Waals surface area contributed by atoms with E-state index in [1.54, 1.807) is 12.3 Å². The summed E-state index contributed by atoms with van der Waals surface area (Å²) in [6.45, 7) is 1.98. The third kappa shape index (κ3) is 2.93. The largest absolute Gasteiger partial charge is 0.374 e. The van der Waals surface area contributed by atoms with Crippen molar-refractivity contribution in [1.82, 2.24) is 9.55 Å². The maximum Gasteiger partial charge on any atom is 0.270 e. The van der Waals surface area contributed by atoms with Crippen LogP contribution in [0, 0.1) is 10.1 Å². The van der Waals surface area contributed by atoms with Crippen molar-refractivity contribution in [3.8, 4) is 0 Å². The van der Waals surface area contributed by atoms with Crippen molar-refractivity contribution in [1.29, 1.82) is 0 Å². The van der Waals surface area contributed by atoms with Gasteiger partial charge in [0.1, 0.15) is 5.82 Å². The van der Waals surface area contributed by atoms with E-state index >= 15 is 0 Å². The summed E-state index contributed by atoms with van der Waals surface area (Å²) in [6, 6.07) is 4.63. The second-order valence-corrected chi connectivity index (χ2v) is 5.04. The van der Waals surface area contributed by atoms with E-state index in [-0.39, 0.29) is 11.7 Å². The van der Waals surface area contributed by atoms with E-state index in [2.05, 4.69) is 26.2 Å². The number of imidazole rings is 1. The van der Waals surface area contributed by atoms with Crippen LogP contribution in [0.5, 0.6) is 0 Å². The first-order valence-corrected chi connectivity index (χ1v) is 6.46. The fraction of sp³-hybridized carbons (Fsp3) is 0.250. The van der Waals surface area contributed by atoms with Crippen LogP contribution in [0.2, 0.25) is 0 Å². The molecule has 1 unspecified atom stereocenters. The lowest BCUT2D eigenvalue weighted by Crippen LogP contribution is -2.12. The first kappa shape index (κ1) is 13.5. The van der Waals surface area contributed by atoms with Crippen LogP contribution in [0.4, 0.5) is 11.4 Å². The van der Waals surface area contributed by atoms with Gasteiger partial charge >= 0.3 is 0 Å². The Bertz CT molecular complexity index is 612. The summed E-state index contributed by atoms with van der Waals surface area (Å²) in [7, 11) is 1.92. The van der Waals surface area contributed by atoms with Crippen LogP contribution >= 0.6 is 15.9 Å². The minimum absolute atomic E-state index is 0.00208. The van der Waals surface area contributed by atoms with Gasteiger partial charge < -0.3 is 9.88 Å². The van der Waals surface area contributed by atoms with Crippen molar-refractivity contribution in [3.63, 3.8) is 0 Å². The number of anilines is 1. The highest BCUT2D eigenvalue weighted by molar-refractivity contribution is 9.10. The van der Waals surface area contributed by atoms with Gasteiger partial charge in [-0.3, -0.25) is 10.1 Å². The molecule has 0 spiro atoms. The van der Waals surface area contributed by atoms with Gasteiger partial charge in [-0.1, -0.05) is 0 Å². The van der Waals surface area contributed by atoms with Crippen LogP contribution in [-0.2, 0) is 7.05 Å². The quantitative estimate of drug-likeness (QED) is 0.692. The molecular formula is C12H13BrN4O2. The number of rotatable bonds is 4. The van der Waals surface area contributed by atoms with E-state index in [0.717, 1.165) is 11.5 Å². The Hall–Kier alpha value is -1.89. The number of nitro benzene ring substituents is 1. The Kier molecular flexibility index (Phi) is 3.84. The fourth-order valence-electron chi connectivity index (χ4n) is 1.83. The number of hydrogen-bond acceptors (Lipinski definition) is 4. The highest BCUT2D eigenvalue weighted by atomic mass is 79.9. The number of nitro groups is 1. The molecule has 2 rings (SSSR count). The summed E-state index contributed by atoms with van der Waals surface area (Å²) in [5.41, 5.74) is 0.850. The minimum atomic E-state index is -0.420. The van der Waals surface area contributed by atoms with Gasteiger partial charge in [0.15, 0.2) is 0 Å². The molecule has 100 valence electrons. The first-order chi connectivity index (χ1) is 8.99. The van der Waals surface area contributed by atoms with Gasteiger partial charge in [-0.2, -0.15) is 0 Å². The second-order valence-electron chi connectivity index (χ2n) is 4.18. The summed E-state index contributed by atoms with van der Waals surface area (Å²) in [6.07, 6.45) is 3.61. The van der Waals surface area contributed by atoms with Crippen molar-refractivity contribution < 1.29 is 4.92 Å². The average Bonchev–Trinajstić information content (AvgIpc) is 2.77. The molecule has 0 saturated heterocycles. The van der Waals surface area contributed by atoms with Crippen LogP contribution in [0.15, 0.2) is 35.1 Å². The van der Waals surface area contributed by atoms with Gasteiger partial charge in [0.2, 0.25) is 0 Å². The summed E-state index contributed by atoms with van der Waals surface area (Å²) >= 11 is 3.33. The van der Waals surface area contributed by atoms with Gasteiger partial charge in [0, 0.05) is 41.7 Å². The molecule has 1 aromatic heterocycles. The van der Waals surface area contributed by atoms with Crippen molar-refractivity contribution in [2.24, 2.45) is 7.05 Å². The van der Waals surface area contributed by atoms with E-state index in [9.17, 15) is 10.1 Å². The summed E-state index contributed by atoms with van der Waals surface area (Å²) in [4.78, 5) is 14.5. The van der Waals surface area contributed by atoms with E-state index in [0.29, 0.717) is 4.47 Å². The number of aromatic nitrogens is 2. The van der Waals surface area contributed by atoms with E-state index in [4.69, 9.17) is 0 Å². The molecule has 1 heterocycles. The van der Waals surface area contributed by atoms with Crippen molar-refractivity contribution in [2.45, 2.75) is 13.0 Å². The Balaban J connectivity index is 2.20. The molecule has 2 aromatic rings. The molecule has 0 radical (unpaired) electrons. The van der Waals surface area contributed by atoms with Gasteiger partial charge in [0.05, 0.1) is 11.0 Å². The molecule has 0 saturated carbocycles. The zero-order chi connectivity index (χ0) is 14.0. The Morgan fingerprint density at radius 3 is 2.79 bits per heavy atom. The van der Waals surface area contributed by atoms with Crippen LogP contribution < -0.4 is 5.32 Å². The normalized spacial score (nSPS) is 12.2. The molecule has 0 fully saturated rings. The standard InChI is InChI=1S/C12H13BrN4O2/c1-8(12-14-5-6-16(12)2)15-11-4-3-9(17(18)19)7-10(11)13/h3-8,15H,1-2H3. The van der Waals surface area contributed by atoms with Gasteiger partial charge in [-0.15, -0.1) is 0 Å². The lowest BCUT2D eigenvalue weighted by Gasteiger charge is -2.16. The van der Waals surface area contributed by atoms with Crippen LogP contribution in [0.1, 0.15) is 18.8 Å². The van der Waals surface area contributed by atoms with Crippen molar-refractivity contribution >= 4 is 27.3 Å². The van der Waals surface area contributed by atoms with Crippen molar-refractivity contribution in [3.05, 3.63) is 51.0 Å². The molecule has 6 nitrogen and oxygen atoms in total. The highest BCUT2D eigenvalue weighted by Crippen LogP contribution is 2.29. The smallest absolute Gasteiger partial charge is 0.270 e. The first-order valence-electron chi connectivity index (χ1n) is 5.66. The number of non-ortho nitro benzene ring substituents is 1. The van der Waals surface area contributed by atoms with Crippen molar-refractivity contribution in [2.75, 3.05) is 5.32 Å². The third-order valence-electron chi connectivity index (χ3n) is 2.78. The maximum absolute atomic E-state index is 10.7. The Morgan fingerprint density at radius 2 is 2.26 bits per heavy atom. The van der Waals surface area contributed by atoms with Gasteiger partial charge in [-0.05, 0) is 28.9 Å². The van der Waals surface area contributed by atoms with E-state index in [1.807, 2.05) is 24.7 Å². The number of nitrogens with zero attached hydrogens (tertiary/aromatic N) is 3. The average molecular weight is 325 g/mol. The lowest BCUT2D eigenvalue weighted by atomic mass is 10.2. The van der Waals surface area contributed by atoms with Gasteiger partial charge in [-0.25, -0.2) is 4.98 Å². The number of benzene rings is 1. The Labute approximate surface area is 118 Å². The Morgan fingerprint density at radius 1 is 1.53 bits per heavy atom. The maximum atomic E-state index is 10.7. The molecule has 7 heteroatoms. The molecular weight excluding hydrogens is 312 g/mol. The molecule has 0 aliphatic heterocycles. The molecule has 1 aromatic carbocycles. The molecule has 0 bridgehead atoms. The molecule has 0 aliphatic rings. The third-order valence-corrected chi connectivity index (χ3v) is 3.44. The lowest BCUT2D eigenvalue weighted by molar-refractivity contribution is -0.384. The number of aryl methyl sites for hydroxylation is 1. The number of halogens is 1. The van der Waals surface area contributed by atoms with Crippen LogP contribution in [0.25, 0.3) is 0 Å².